The minimum atomic E-state index is -1.35. The third kappa shape index (κ3) is 3.83. The minimum Gasteiger partial charge on any atom is -0.449 e. The highest BCUT2D eigenvalue weighted by atomic mass is 79.9. The molecule has 0 unspecified atom stereocenters. The summed E-state index contributed by atoms with van der Waals surface area (Å²) in [7, 11) is 0. The van der Waals surface area contributed by atoms with Crippen LogP contribution in [0.25, 0.3) is 33.3 Å². The van der Waals surface area contributed by atoms with Gasteiger partial charge in [-0.3, -0.25) is 0 Å². The second-order valence-corrected chi connectivity index (χ2v) is 6.93. The Morgan fingerprint density at radius 2 is 1.44 bits per heavy atom. The van der Waals surface area contributed by atoms with Gasteiger partial charge in [0.15, 0.2) is 0 Å². The molecule has 3 aromatic carbocycles. The first-order valence-electron chi connectivity index (χ1n) is 8.26. The number of pyridine rings is 1. The summed E-state index contributed by atoms with van der Waals surface area (Å²) in [6.45, 7) is 0. The van der Waals surface area contributed by atoms with Gasteiger partial charge < -0.3 is 9.84 Å². The molecule has 0 aliphatic heterocycles. The van der Waals surface area contributed by atoms with Gasteiger partial charge in [-0.2, -0.15) is 0 Å². The van der Waals surface area contributed by atoms with Gasteiger partial charge in [-0.1, -0.05) is 64.5 Å². The number of hydrogen-bond acceptors (Lipinski definition) is 3. The molecular weight excluding hydrogens is 406 g/mol. The molecule has 0 radical (unpaired) electrons. The van der Waals surface area contributed by atoms with E-state index in [9.17, 15) is 4.79 Å². The number of carbonyl (C=O) groups is 1. The smallest absolute Gasteiger partial charge is 0.449 e. The predicted molar refractivity (Wildman–Crippen MR) is 109 cm³/mol. The number of ether oxygens (including phenoxy) is 1. The van der Waals surface area contributed by atoms with Gasteiger partial charge in [-0.25, -0.2) is 9.78 Å². The van der Waals surface area contributed by atoms with Crippen LogP contribution in [0.4, 0.5) is 4.79 Å². The molecule has 4 nitrogen and oxygen atoms in total. The first-order chi connectivity index (χ1) is 13.1. The van der Waals surface area contributed by atoms with Gasteiger partial charge >= 0.3 is 6.16 Å². The molecule has 0 saturated carbocycles. The second-order valence-electron chi connectivity index (χ2n) is 6.01. The van der Waals surface area contributed by atoms with Crippen LogP contribution in [0.3, 0.4) is 0 Å². The highest BCUT2D eigenvalue weighted by molar-refractivity contribution is 9.10. The summed E-state index contributed by atoms with van der Waals surface area (Å²) in [6.07, 6.45) is -1.35. The number of hydrogen-bond donors (Lipinski definition) is 1. The first-order valence-corrected chi connectivity index (χ1v) is 9.06. The lowest BCUT2D eigenvalue weighted by Crippen LogP contribution is -2.04. The Morgan fingerprint density at radius 1 is 0.815 bits per heavy atom. The Kier molecular flexibility index (Phi) is 4.60. The van der Waals surface area contributed by atoms with Crippen molar-refractivity contribution in [2.45, 2.75) is 0 Å². The fourth-order valence-corrected chi connectivity index (χ4v) is 3.19. The molecule has 0 spiro atoms. The number of fused-ring (bicyclic) bond motifs is 1. The van der Waals surface area contributed by atoms with E-state index < -0.39 is 6.16 Å². The van der Waals surface area contributed by atoms with Crippen molar-refractivity contribution in [2.24, 2.45) is 0 Å². The fraction of sp³-hybridized carbons (Fsp3) is 0. The molecular formula is C22H14BrNO3. The van der Waals surface area contributed by atoms with Crippen molar-refractivity contribution in [3.63, 3.8) is 0 Å². The molecule has 0 bridgehead atoms. The minimum absolute atomic E-state index is 0.235. The quantitative estimate of drug-likeness (QED) is 0.390. The van der Waals surface area contributed by atoms with Crippen molar-refractivity contribution < 1.29 is 14.6 Å². The van der Waals surface area contributed by atoms with Crippen LogP contribution >= 0.6 is 15.9 Å². The van der Waals surface area contributed by atoms with E-state index in [2.05, 4.69) is 15.9 Å². The maximum atomic E-state index is 11.0. The third-order valence-corrected chi connectivity index (χ3v) is 4.72. The fourth-order valence-electron chi connectivity index (χ4n) is 2.93. The Hall–Kier alpha value is -3.18. The Balaban J connectivity index is 1.86. The summed E-state index contributed by atoms with van der Waals surface area (Å²) in [4.78, 5) is 15.8. The average molecular weight is 420 g/mol. The molecule has 0 fully saturated rings. The zero-order valence-corrected chi connectivity index (χ0v) is 15.7. The number of aromatic nitrogens is 1. The molecule has 4 rings (SSSR count). The monoisotopic (exact) mass is 419 g/mol. The summed E-state index contributed by atoms with van der Waals surface area (Å²) in [5.74, 6) is 0.235. The summed E-state index contributed by atoms with van der Waals surface area (Å²) in [6, 6.07) is 25.0. The molecule has 27 heavy (non-hydrogen) atoms. The van der Waals surface area contributed by atoms with E-state index in [1.807, 2.05) is 66.7 Å². The number of halogens is 1. The van der Waals surface area contributed by atoms with Crippen LogP contribution < -0.4 is 4.74 Å². The highest BCUT2D eigenvalue weighted by Crippen LogP contribution is 2.30. The van der Waals surface area contributed by atoms with Crippen LogP contribution in [0.5, 0.6) is 5.75 Å². The van der Waals surface area contributed by atoms with Crippen molar-refractivity contribution in [2.75, 3.05) is 0 Å². The highest BCUT2D eigenvalue weighted by Gasteiger charge is 2.11. The molecule has 132 valence electrons. The van der Waals surface area contributed by atoms with Gasteiger partial charge in [0.25, 0.3) is 0 Å². The van der Waals surface area contributed by atoms with E-state index in [1.165, 1.54) is 0 Å². The number of carboxylic acid groups (broad SMARTS) is 1. The Labute approximate surface area is 164 Å². The lowest BCUT2D eigenvalue weighted by atomic mass is 10.0. The molecule has 4 aromatic rings. The molecule has 5 heteroatoms. The van der Waals surface area contributed by atoms with Crippen molar-refractivity contribution in [1.29, 1.82) is 0 Å². The molecule has 0 aliphatic rings. The lowest BCUT2D eigenvalue weighted by Gasteiger charge is -2.10. The molecule has 0 atom stereocenters. The van der Waals surface area contributed by atoms with Crippen LogP contribution in [0.15, 0.2) is 83.3 Å². The summed E-state index contributed by atoms with van der Waals surface area (Å²) in [5, 5.41) is 11.2. The molecule has 1 heterocycles. The zero-order chi connectivity index (χ0) is 18.8. The van der Waals surface area contributed by atoms with E-state index in [-0.39, 0.29) is 5.75 Å². The summed E-state index contributed by atoms with van der Waals surface area (Å²) in [5.41, 5.74) is 3.06. The van der Waals surface area contributed by atoms with E-state index >= 15 is 0 Å². The van der Waals surface area contributed by atoms with Crippen LogP contribution in [0.1, 0.15) is 0 Å². The summed E-state index contributed by atoms with van der Waals surface area (Å²) >= 11 is 3.42. The molecule has 1 N–H and O–H groups in total. The Morgan fingerprint density at radius 3 is 2.15 bits per heavy atom. The summed E-state index contributed by atoms with van der Waals surface area (Å²) < 4.78 is 5.87. The van der Waals surface area contributed by atoms with E-state index in [0.717, 1.165) is 26.4 Å². The van der Waals surface area contributed by atoms with Gasteiger partial charge in [-0.15, -0.1) is 0 Å². The average Bonchev–Trinajstić information content (AvgIpc) is 2.67. The van der Waals surface area contributed by atoms with Gasteiger partial charge in [-0.05, 0) is 29.0 Å². The van der Waals surface area contributed by atoms with Crippen molar-refractivity contribution in [1.82, 2.24) is 4.98 Å². The van der Waals surface area contributed by atoms with E-state index in [1.54, 1.807) is 12.1 Å². The maximum absolute atomic E-state index is 11.0. The third-order valence-electron chi connectivity index (χ3n) is 4.19. The van der Waals surface area contributed by atoms with E-state index in [0.29, 0.717) is 11.4 Å². The van der Waals surface area contributed by atoms with Crippen LogP contribution in [0, 0.1) is 0 Å². The molecule has 0 saturated heterocycles. The number of benzene rings is 3. The lowest BCUT2D eigenvalue weighted by molar-refractivity contribution is 0.144. The van der Waals surface area contributed by atoms with Gasteiger partial charge in [0, 0.05) is 27.7 Å². The standard InChI is InChI=1S/C22H14BrNO3/c23-18-9-7-15(8-10-18)20-12-19(27-22(25)26)13-21(24-20)17-6-5-14-3-1-2-4-16(14)11-17/h1-13H,(H,25,26). The van der Waals surface area contributed by atoms with Gasteiger partial charge in [0.2, 0.25) is 0 Å². The van der Waals surface area contributed by atoms with Crippen molar-refractivity contribution >= 4 is 32.9 Å². The SMILES string of the molecule is O=C(O)Oc1cc(-c2ccc(Br)cc2)nc(-c2ccc3ccccc3c2)c1. The predicted octanol–water partition coefficient (Wildman–Crippen LogP) is 6.39. The topological polar surface area (TPSA) is 59.4 Å². The number of nitrogens with zero attached hydrogens (tertiary/aromatic N) is 1. The van der Waals surface area contributed by atoms with E-state index in [4.69, 9.17) is 14.8 Å². The zero-order valence-electron chi connectivity index (χ0n) is 14.1. The van der Waals surface area contributed by atoms with Crippen molar-refractivity contribution in [3.8, 4) is 28.3 Å². The normalized spacial score (nSPS) is 10.7. The molecule has 1 aromatic heterocycles. The van der Waals surface area contributed by atoms with Gasteiger partial charge in [0.05, 0.1) is 11.4 Å². The van der Waals surface area contributed by atoms with Crippen LogP contribution in [-0.4, -0.2) is 16.2 Å². The largest absolute Gasteiger partial charge is 0.511 e. The Bertz CT molecular complexity index is 1140. The van der Waals surface area contributed by atoms with Crippen LogP contribution in [-0.2, 0) is 0 Å². The molecule has 0 aliphatic carbocycles. The first kappa shape index (κ1) is 17.2. The molecule has 0 amide bonds. The number of rotatable bonds is 3. The van der Waals surface area contributed by atoms with Gasteiger partial charge in [0.1, 0.15) is 5.75 Å². The van der Waals surface area contributed by atoms with Crippen molar-refractivity contribution in [3.05, 3.63) is 83.3 Å². The maximum Gasteiger partial charge on any atom is 0.511 e. The van der Waals surface area contributed by atoms with Crippen LogP contribution in [0.2, 0.25) is 0 Å². The second kappa shape index (κ2) is 7.21.